The first-order valence-electron chi connectivity index (χ1n) is 6.13. The van der Waals surface area contributed by atoms with Gasteiger partial charge in [-0.05, 0) is 62.4 Å². The van der Waals surface area contributed by atoms with Crippen molar-refractivity contribution in [3.05, 3.63) is 67.4 Å². The number of halogens is 3. The van der Waals surface area contributed by atoms with Gasteiger partial charge in [-0.25, -0.2) is 0 Å². The van der Waals surface area contributed by atoms with E-state index in [9.17, 15) is 0 Å². The summed E-state index contributed by atoms with van der Waals surface area (Å²) in [5.41, 5.74) is 3.50. The van der Waals surface area contributed by atoms with Crippen LogP contribution in [0.1, 0.15) is 22.1 Å². The minimum absolute atomic E-state index is 0.145. The third-order valence-electron chi connectivity index (χ3n) is 3.28. The molecular weight excluding hydrogens is 420 g/mol. The summed E-state index contributed by atoms with van der Waals surface area (Å²) < 4.78 is 3.43. The van der Waals surface area contributed by atoms with Crippen molar-refractivity contribution in [3.8, 4) is 0 Å². The maximum Gasteiger partial charge on any atom is 0.0860 e. The van der Waals surface area contributed by atoms with Crippen molar-refractivity contribution in [2.24, 2.45) is 0 Å². The van der Waals surface area contributed by atoms with Crippen LogP contribution in [0.4, 0.5) is 0 Å². The molecule has 0 saturated heterocycles. The predicted molar refractivity (Wildman–Crippen MR) is 96.1 cm³/mol. The minimum Gasteiger partial charge on any atom is -0.142 e. The molecule has 0 spiro atoms. The van der Waals surface area contributed by atoms with Crippen LogP contribution in [-0.4, -0.2) is 0 Å². The Bertz CT molecular complexity index is 779. The Hall–Kier alpha value is -0.350. The van der Waals surface area contributed by atoms with Crippen molar-refractivity contribution in [2.45, 2.75) is 12.3 Å². The molecule has 0 N–H and O–H groups in total. The SMILES string of the molecule is Cc1ccc(C(Cl)c2csc3c(Br)cccc23)c(Br)c1. The number of fused-ring (bicyclic) bond motifs is 1. The van der Waals surface area contributed by atoms with Crippen molar-refractivity contribution in [1.29, 1.82) is 0 Å². The Morgan fingerprint density at radius 1 is 1.05 bits per heavy atom. The summed E-state index contributed by atoms with van der Waals surface area (Å²) in [4.78, 5) is 0. The molecule has 4 heteroatoms. The average molecular weight is 431 g/mol. The standard InChI is InChI=1S/C16H11Br2ClS/c1-9-5-6-11(14(18)7-9)15(19)12-8-20-16-10(12)3-2-4-13(16)17/h2-8,15H,1H3. The fourth-order valence-corrected chi connectivity index (χ4v) is 5.19. The number of benzene rings is 2. The second-order valence-electron chi connectivity index (χ2n) is 4.70. The van der Waals surface area contributed by atoms with Gasteiger partial charge in [-0.3, -0.25) is 0 Å². The molecule has 102 valence electrons. The van der Waals surface area contributed by atoms with Crippen LogP contribution in [0.15, 0.2) is 50.7 Å². The van der Waals surface area contributed by atoms with E-state index >= 15 is 0 Å². The molecule has 1 heterocycles. The second-order valence-corrected chi connectivity index (χ2v) is 7.72. The number of thiophene rings is 1. The van der Waals surface area contributed by atoms with Crippen LogP contribution < -0.4 is 0 Å². The van der Waals surface area contributed by atoms with Gasteiger partial charge in [0.25, 0.3) is 0 Å². The van der Waals surface area contributed by atoms with Gasteiger partial charge < -0.3 is 0 Å². The average Bonchev–Trinajstić information content (AvgIpc) is 2.83. The van der Waals surface area contributed by atoms with Gasteiger partial charge in [0, 0.05) is 13.6 Å². The van der Waals surface area contributed by atoms with Gasteiger partial charge in [-0.15, -0.1) is 22.9 Å². The van der Waals surface area contributed by atoms with E-state index in [0.29, 0.717) is 0 Å². The van der Waals surface area contributed by atoms with E-state index in [2.05, 4.69) is 80.6 Å². The molecule has 0 bridgehead atoms. The third-order valence-corrected chi connectivity index (χ3v) is 6.41. The lowest BCUT2D eigenvalue weighted by Gasteiger charge is -2.12. The normalized spacial score (nSPS) is 12.8. The van der Waals surface area contributed by atoms with Gasteiger partial charge in [-0.2, -0.15) is 0 Å². The number of hydrogen-bond donors (Lipinski definition) is 0. The van der Waals surface area contributed by atoms with Crippen LogP contribution in [0.2, 0.25) is 0 Å². The molecule has 0 saturated carbocycles. The summed E-state index contributed by atoms with van der Waals surface area (Å²) in [7, 11) is 0. The zero-order chi connectivity index (χ0) is 14.3. The van der Waals surface area contributed by atoms with E-state index in [0.717, 1.165) is 20.1 Å². The smallest absolute Gasteiger partial charge is 0.0860 e. The van der Waals surface area contributed by atoms with Crippen molar-refractivity contribution < 1.29 is 0 Å². The first-order chi connectivity index (χ1) is 9.58. The molecule has 0 nitrogen and oxygen atoms in total. The molecule has 20 heavy (non-hydrogen) atoms. The molecule has 3 aromatic rings. The highest BCUT2D eigenvalue weighted by molar-refractivity contribution is 9.11. The Balaban J connectivity index is 2.13. The van der Waals surface area contributed by atoms with Crippen LogP contribution in [0.25, 0.3) is 10.1 Å². The lowest BCUT2D eigenvalue weighted by Crippen LogP contribution is -1.94. The summed E-state index contributed by atoms with van der Waals surface area (Å²) in [6.07, 6.45) is 0. The fraction of sp³-hybridized carbons (Fsp3) is 0.125. The molecule has 1 unspecified atom stereocenters. The molecule has 0 aliphatic heterocycles. The summed E-state index contributed by atoms with van der Waals surface area (Å²) in [5.74, 6) is 0. The minimum atomic E-state index is -0.145. The van der Waals surface area contributed by atoms with E-state index in [4.69, 9.17) is 11.6 Å². The summed E-state index contributed by atoms with van der Waals surface area (Å²) in [6, 6.07) is 12.5. The van der Waals surface area contributed by atoms with E-state index in [-0.39, 0.29) is 5.38 Å². The molecule has 3 rings (SSSR count). The molecule has 0 aliphatic carbocycles. The zero-order valence-corrected chi connectivity index (χ0v) is 15.4. The van der Waals surface area contributed by atoms with E-state index < -0.39 is 0 Å². The van der Waals surface area contributed by atoms with Crippen molar-refractivity contribution in [3.63, 3.8) is 0 Å². The van der Waals surface area contributed by atoms with Crippen LogP contribution in [0.5, 0.6) is 0 Å². The van der Waals surface area contributed by atoms with E-state index in [1.807, 2.05) is 0 Å². The molecule has 0 radical (unpaired) electrons. The molecular formula is C16H11Br2ClS. The molecule has 1 aromatic heterocycles. The number of aryl methyl sites for hydroxylation is 1. The van der Waals surface area contributed by atoms with Gasteiger partial charge in [0.2, 0.25) is 0 Å². The van der Waals surface area contributed by atoms with Crippen LogP contribution in [0.3, 0.4) is 0 Å². The highest BCUT2D eigenvalue weighted by Gasteiger charge is 2.18. The quantitative estimate of drug-likeness (QED) is 0.382. The summed E-state index contributed by atoms with van der Waals surface area (Å²) in [6.45, 7) is 2.08. The highest BCUT2D eigenvalue weighted by atomic mass is 79.9. The van der Waals surface area contributed by atoms with Crippen molar-refractivity contribution in [2.75, 3.05) is 0 Å². The Labute approximate surface area is 144 Å². The predicted octanol–water partition coefficient (Wildman–Crippen LogP) is 7.06. The summed E-state index contributed by atoms with van der Waals surface area (Å²) in [5, 5.41) is 3.23. The molecule has 0 aliphatic rings. The second kappa shape index (κ2) is 5.80. The topological polar surface area (TPSA) is 0 Å². The maximum atomic E-state index is 6.72. The first kappa shape index (κ1) is 14.6. The lowest BCUT2D eigenvalue weighted by atomic mass is 10.0. The van der Waals surface area contributed by atoms with Crippen LogP contribution >= 0.6 is 54.8 Å². The van der Waals surface area contributed by atoms with Crippen molar-refractivity contribution in [1.82, 2.24) is 0 Å². The number of rotatable bonds is 2. The van der Waals surface area contributed by atoms with Crippen molar-refractivity contribution >= 4 is 64.9 Å². The zero-order valence-electron chi connectivity index (χ0n) is 10.7. The van der Waals surface area contributed by atoms with Gasteiger partial charge in [0.1, 0.15) is 0 Å². The van der Waals surface area contributed by atoms with Gasteiger partial charge in [-0.1, -0.05) is 40.2 Å². The molecule has 1 atom stereocenters. The third kappa shape index (κ3) is 2.57. The number of hydrogen-bond acceptors (Lipinski definition) is 1. The number of alkyl halides is 1. The van der Waals surface area contributed by atoms with Crippen LogP contribution in [-0.2, 0) is 0 Å². The van der Waals surface area contributed by atoms with Gasteiger partial charge in [0.05, 0.1) is 5.38 Å². The maximum absolute atomic E-state index is 6.72. The van der Waals surface area contributed by atoms with E-state index in [1.165, 1.54) is 15.6 Å². The molecule has 0 amide bonds. The Morgan fingerprint density at radius 2 is 1.85 bits per heavy atom. The van der Waals surface area contributed by atoms with Gasteiger partial charge >= 0.3 is 0 Å². The first-order valence-corrected chi connectivity index (χ1v) is 9.04. The molecule has 2 aromatic carbocycles. The Kier molecular flexibility index (Phi) is 4.23. The van der Waals surface area contributed by atoms with E-state index in [1.54, 1.807) is 11.3 Å². The molecule has 0 fully saturated rings. The monoisotopic (exact) mass is 428 g/mol. The fourth-order valence-electron chi connectivity index (χ4n) is 2.24. The lowest BCUT2D eigenvalue weighted by molar-refractivity contribution is 1.15. The summed E-state index contributed by atoms with van der Waals surface area (Å²) >= 11 is 15.7. The largest absolute Gasteiger partial charge is 0.142 e. The van der Waals surface area contributed by atoms with Gasteiger partial charge in [0.15, 0.2) is 0 Å². The van der Waals surface area contributed by atoms with Crippen LogP contribution in [0, 0.1) is 6.92 Å². The Morgan fingerprint density at radius 3 is 2.60 bits per heavy atom. The highest BCUT2D eigenvalue weighted by Crippen LogP contribution is 2.41.